The standard InChI is InChI=1S/C13H20N2O/c1-11-10-15(8-9-16-11)13-5-3-2-4-12(13)6-7-14/h2-5,11H,6-10,14H2,1H3. The van der Waals surface area contributed by atoms with Gasteiger partial charge in [0, 0.05) is 18.8 Å². The third kappa shape index (κ3) is 2.54. The van der Waals surface area contributed by atoms with Crippen LogP contribution in [-0.2, 0) is 11.2 Å². The van der Waals surface area contributed by atoms with Gasteiger partial charge in [0.05, 0.1) is 12.7 Å². The summed E-state index contributed by atoms with van der Waals surface area (Å²) in [4.78, 5) is 2.40. The number of benzene rings is 1. The Morgan fingerprint density at radius 1 is 1.44 bits per heavy atom. The van der Waals surface area contributed by atoms with E-state index in [2.05, 4.69) is 36.1 Å². The maximum atomic E-state index is 5.64. The van der Waals surface area contributed by atoms with Gasteiger partial charge in [0.2, 0.25) is 0 Å². The van der Waals surface area contributed by atoms with Gasteiger partial charge in [-0.15, -0.1) is 0 Å². The lowest BCUT2D eigenvalue weighted by molar-refractivity contribution is 0.0532. The highest BCUT2D eigenvalue weighted by atomic mass is 16.5. The van der Waals surface area contributed by atoms with Crippen LogP contribution in [0.4, 0.5) is 5.69 Å². The zero-order valence-corrected chi connectivity index (χ0v) is 9.86. The Bertz CT molecular complexity index is 340. The van der Waals surface area contributed by atoms with Crippen molar-refractivity contribution in [3.05, 3.63) is 29.8 Å². The molecule has 0 aromatic heterocycles. The Morgan fingerprint density at radius 2 is 2.25 bits per heavy atom. The van der Waals surface area contributed by atoms with E-state index in [4.69, 9.17) is 10.5 Å². The van der Waals surface area contributed by atoms with Gasteiger partial charge in [0.15, 0.2) is 0 Å². The van der Waals surface area contributed by atoms with Crippen molar-refractivity contribution in [2.24, 2.45) is 5.73 Å². The Morgan fingerprint density at radius 3 is 3.00 bits per heavy atom. The molecule has 0 aliphatic carbocycles. The zero-order valence-electron chi connectivity index (χ0n) is 9.86. The third-order valence-corrected chi connectivity index (χ3v) is 2.99. The number of anilines is 1. The first-order valence-electron chi connectivity index (χ1n) is 5.96. The van der Waals surface area contributed by atoms with Crippen LogP contribution in [0.2, 0.25) is 0 Å². The first-order valence-corrected chi connectivity index (χ1v) is 5.96. The van der Waals surface area contributed by atoms with Gasteiger partial charge >= 0.3 is 0 Å². The van der Waals surface area contributed by atoms with Crippen LogP contribution in [0.5, 0.6) is 0 Å². The van der Waals surface area contributed by atoms with Crippen LogP contribution in [0, 0.1) is 0 Å². The van der Waals surface area contributed by atoms with E-state index < -0.39 is 0 Å². The maximum absolute atomic E-state index is 5.64. The Balaban J connectivity index is 2.17. The SMILES string of the molecule is CC1CN(c2ccccc2CCN)CCO1. The number of rotatable bonds is 3. The molecule has 1 aliphatic rings. The van der Waals surface area contributed by atoms with Gasteiger partial charge < -0.3 is 15.4 Å². The van der Waals surface area contributed by atoms with Crippen LogP contribution >= 0.6 is 0 Å². The minimum Gasteiger partial charge on any atom is -0.375 e. The van der Waals surface area contributed by atoms with E-state index in [1.807, 2.05) is 0 Å². The van der Waals surface area contributed by atoms with E-state index in [1.165, 1.54) is 11.3 Å². The molecule has 0 amide bonds. The van der Waals surface area contributed by atoms with E-state index in [0.717, 1.165) is 26.1 Å². The summed E-state index contributed by atoms with van der Waals surface area (Å²) in [6, 6.07) is 8.53. The molecular formula is C13H20N2O. The Hall–Kier alpha value is -1.06. The Kier molecular flexibility index (Phi) is 3.80. The van der Waals surface area contributed by atoms with Crippen LogP contribution in [0.25, 0.3) is 0 Å². The molecule has 3 nitrogen and oxygen atoms in total. The quantitative estimate of drug-likeness (QED) is 0.837. The van der Waals surface area contributed by atoms with Crippen LogP contribution in [0.1, 0.15) is 12.5 Å². The number of nitrogens with two attached hydrogens (primary N) is 1. The minimum atomic E-state index is 0.319. The molecule has 1 aromatic rings. The van der Waals surface area contributed by atoms with Gasteiger partial charge in [-0.2, -0.15) is 0 Å². The van der Waals surface area contributed by atoms with Crippen molar-refractivity contribution in [3.63, 3.8) is 0 Å². The topological polar surface area (TPSA) is 38.5 Å². The second kappa shape index (κ2) is 5.32. The van der Waals surface area contributed by atoms with Gasteiger partial charge in [-0.1, -0.05) is 18.2 Å². The highest BCUT2D eigenvalue weighted by Crippen LogP contribution is 2.22. The lowest BCUT2D eigenvalue weighted by Gasteiger charge is -2.34. The monoisotopic (exact) mass is 220 g/mol. The molecule has 1 aliphatic heterocycles. The number of para-hydroxylation sites is 1. The first kappa shape index (κ1) is 11.4. The summed E-state index contributed by atoms with van der Waals surface area (Å²) in [6.07, 6.45) is 1.27. The second-order valence-electron chi connectivity index (χ2n) is 4.29. The summed E-state index contributed by atoms with van der Waals surface area (Å²) < 4.78 is 5.56. The predicted molar refractivity (Wildman–Crippen MR) is 66.8 cm³/mol. The molecule has 1 fully saturated rings. The van der Waals surface area contributed by atoms with Crippen molar-refractivity contribution >= 4 is 5.69 Å². The Labute approximate surface area is 97.2 Å². The third-order valence-electron chi connectivity index (χ3n) is 2.99. The molecule has 1 aromatic carbocycles. The number of hydrogen-bond donors (Lipinski definition) is 1. The van der Waals surface area contributed by atoms with Crippen LogP contribution in [0.15, 0.2) is 24.3 Å². The predicted octanol–water partition coefficient (Wildman–Crippen LogP) is 1.41. The summed E-state index contributed by atoms with van der Waals surface area (Å²) in [7, 11) is 0. The molecule has 0 spiro atoms. The average molecular weight is 220 g/mol. The highest BCUT2D eigenvalue weighted by Gasteiger charge is 2.18. The maximum Gasteiger partial charge on any atom is 0.0722 e. The van der Waals surface area contributed by atoms with Gasteiger partial charge in [-0.25, -0.2) is 0 Å². The molecule has 1 saturated heterocycles. The lowest BCUT2D eigenvalue weighted by atomic mass is 10.1. The molecule has 88 valence electrons. The number of nitrogens with zero attached hydrogens (tertiary/aromatic N) is 1. The molecule has 2 N–H and O–H groups in total. The largest absolute Gasteiger partial charge is 0.375 e. The van der Waals surface area contributed by atoms with Crippen LogP contribution in [0.3, 0.4) is 0 Å². The van der Waals surface area contributed by atoms with Crippen molar-refractivity contribution in [3.8, 4) is 0 Å². The molecule has 3 heteroatoms. The van der Waals surface area contributed by atoms with Crippen molar-refractivity contribution in [2.75, 3.05) is 31.1 Å². The smallest absolute Gasteiger partial charge is 0.0722 e. The molecule has 0 radical (unpaired) electrons. The fourth-order valence-corrected chi connectivity index (χ4v) is 2.22. The van der Waals surface area contributed by atoms with Crippen molar-refractivity contribution < 1.29 is 4.74 Å². The van der Waals surface area contributed by atoms with Gasteiger partial charge in [0.25, 0.3) is 0 Å². The van der Waals surface area contributed by atoms with Crippen molar-refractivity contribution in [2.45, 2.75) is 19.4 Å². The van der Waals surface area contributed by atoms with Gasteiger partial charge in [0.1, 0.15) is 0 Å². The van der Waals surface area contributed by atoms with Crippen molar-refractivity contribution in [1.82, 2.24) is 0 Å². The molecule has 0 bridgehead atoms. The fraction of sp³-hybridized carbons (Fsp3) is 0.538. The molecule has 2 rings (SSSR count). The molecule has 16 heavy (non-hydrogen) atoms. The van der Waals surface area contributed by atoms with E-state index >= 15 is 0 Å². The summed E-state index contributed by atoms with van der Waals surface area (Å²) >= 11 is 0. The van der Waals surface area contributed by atoms with Gasteiger partial charge in [-0.3, -0.25) is 0 Å². The molecule has 1 unspecified atom stereocenters. The first-order chi connectivity index (χ1) is 7.81. The minimum absolute atomic E-state index is 0.319. The van der Waals surface area contributed by atoms with Crippen molar-refractivity contribution in [1.29, 1.82) is 0 Å². The number of ether oxygens (including phenoxy) is 1. The lowest BCUT2D eigenvalue weighted by Crippen LogP contribution is -2.41. The highest BCUT2D eigenvalue weighted by molar-refractivity contribution is 5.54. The molecular weight excluding hydrogens is 200 g/mol. The van der Waals surface area contributed by atoms with E-state index in [9.17, 15) is 0 Å². The fourth-order valence-electron chi connectivity index (χ4n) is 2.22. The van der Waals surface area contributed by atoms with E-state index in [0.29, 0.717) is 12.6 Å². The van der Waals surface area contributed by atoms with E-state index in [-0.39, 0.29) is 0 Å². The number of morpholine rings is 1. The molecule has 1 atom stereocenters. The summed E-state index contributed by atoms with van der Waals surface area (Å²) in [5.74, 6) is 0. The second-order valence-corrected chi connectivity index (χ2v) is 4.29. The normalized spacial score (nSPS) is 21.1. The van der Waals surface area contributed by atoms with Crippen LogP contribution in [-0.4, -0.2) is 32.3 Å². The zero-order chi connectivity index (χ0) is 11.4. The number of hydrogen-bond acceptors (Lipinski definition) is 3. The molecule has 1 heterocycles. The summed E-state index contributed by atoms with van der Waals surface area (Å²) in [6.45, 7) is 5.60. The van der Waals surface area contributed by atoms with E-state index in [1.54, 1.807) is 0 Å². The molecule has 0 saturated carbocycles. The van der Waals surface area contributed by atoms with Crippen LogP contribution < -0.4 is 10.6 Å². The summed E-state index contributed by atoms with van der Waals surface area (Å²) in [5, 5.41) is 0. The average Bonchev–Trinajstić information content (AvgIpc) is 2.30. The summed E-state index contributed by atoms with van der Waals surface area (Å²) in [5.41, 5.74) is 8.31. The van der Waals surface area contributed by atoms with Gasteiger partial charge in [-0.05, 0) is 31.5 Å².